The molecule has 0 aliphatic carbocycles. The molecule has 2 nitrogen and oxygen atoms in total. The van der Waals surface area contributed by atoms with Crippen LogP contribution in [-0.2, 0) is 16.6 Å². The van der Waals surface area contributed by atoms with E-state index in [0.717, 1.165) is 5.56 Å². The van der Waals surface area contributed by atoms with Crippen molar-refractivity contribution < 1.29 is 4.74 Å². The molecule has 0 spiro atoms. The summed E-state index contributed by atoms with van der Waals surface area (Å²) in [7, 11) is 1.70. The second-order valence-electron chi connectivity index (χ2n) is 4.31. The largest absolute Gasteiger partial charge is 0.384 e. The summed E-state index contributed by atoms with van der Waals surface area (Å²) in [4.78, 5) is 0. The van der Waals surface area contributed by atoms with Gasteiger partial charge >= 0.3 is 0 Å². The van der Waals surface area contributed by atoms with Crippen molar-refractivity contribution >= 4 is 0 Å². The Bertz CT molecular complexity index is 363. The highest BCUT2D eigenvalue weighted by molar-refractivity contribution is 5.35. The van der Waals surface area contributed by atoms with Gasteiger partial charge in [0.1, 0.15) is 0 Å². The van der Waals surface area contributed by atoms with Crippen molar-refractivity contribution in [2.75, 3.05) is 13.7 Å². The Balaban J connectivity index is 3.07. The number of nitriles is 1. The summed E-state index contributed by atoms with van der Waals surface area (Å²) in [6, 6.07) is 10.3. The van der Waals surface area contributed by atoms with Crippen LogP contribution < -0.4 is 0 Å². The van der Waals surface area contributed by atoms with E-state index in [9.17, 15) is 0 Å². The fourth-order valence-electron chi connectivity index (χ4n) is 1.86. The number of nitrogens with zero attached hydrogens (tertiary/aromatic N) is 1. The highest BCUT2D eigenvalue weighted by Gasteiger charge is 2.22. The van der Waals surface area contributed by atoms with Crippen LogP contribution in [-0.4, -0.2) is 13.7 Å². The zero-order valence-corrected chi connectivity index (χ0v) is 9.58. The zero-order valence-electron chi connectivity index (χ0n) is 9.58. The van der Waals surface area contributed by atoms with E-state index in [4.69, 9.17) is 10.00 Å². The Hall–Kier alpha value is -1.33. The number of hydrogen-bond acceptors (Lipinski definition) is 2. The maximum Gasteiger partial charge on any atom is 0.0669 e. The first-order valence-corrected chi connectivity index (χ1v) is 5.06. The standard InChI is InChI=1S/C13H17NO/c1-13(2,10-15-3)12-7-5-4-6-11(12)8-9-14/h4-7H,8,10H2,1-3H3. The first-order chi connectivity index (χ1) is 7.11. The van der Waals surface area contributed by atoms with Crippen LogP contribution in [0.15, 0.2) is 24.3 Å². The molecule has 1 aromatic rings. The highest BCUT2D eigenvalue weighted by atomic mass is 16.5. The van der Waals surface area contributed by atoms with Crippen molar-refractivity contribution in [3.63, 3.8) is 0 Å². The number of ether oxygens (including phenoxy) is 1. The molecule has 0 amide bonds. The van der Waals surface area contributed by atoms with Crippen molar-refractivity contribution in [3.05, 3.63) is 35.4 Å². The third kappa shape index (κ3) is 2.81. The van der Waals surface area contributed by atoms with E-state index >= 15 is 0 Å². The molecule has 0 saturated carbocycles. The molecule has 0 unspecified atom stereocenters. The first-order valence-electron chi connectivity index (χ1n) is 5.06. The number of hydrogen-bond donors (Lipinski definition) is 0. The lowest BCUT2D eigenvalue weighted by Gasteiger charge is -2.26. The summed E-state index contributed by atoms with van der Waals surface area (Å²) in [5, 5.41) is 8.76. The molecule has 0 fully saturated rings. The molecular formula is C13H17NO. The van der Waals surface area contributed by atoms with Gasteiger partial charge in [-0.15, -0.1) is 0 Å². The molecule has 15 heavy (non-hydrogen) atoms. The molecule has 2 heteroatoms. The van der Waals surface area contributed by atoms with Crippen molar-refractivity contribution in [2.24, 2.45) is 0 Å². The average Bonchev–Trinajstić information content (AvgIpc) is 2.19. The molecule has 1 rings (SSSR count). The van der Waals surface area contributed by atoms with Crippen LogP contribution in [0.3, 0.4) is 0 Å². The van der Waals surface area contributed by atoms with E-state index < -0.39 is 0 Å². The first kappa shape index (κ1) is 11.7. The zero-order chi connectivity index (χ0) is 11.3. The summed E-state index contributed by atoms with van der Waals surface area (Å²) in [5.74, 6) is 0. The van der Waals surface area contributed by atoms with E-state index in [0.29, 0.717) is 13.0 Å². The number of methoxy groups -OCH3 is 1. The van der Waals surface area contributed by atoms with Crippen molar-refractivity contribution in [1.82, 2.24) is 0 Å². The number of benzene rings is 1. The van der Waals surface area contributed by atoms with Gasteiger partial charge in [-0.05, 0) is 11.1 Å². The molecule has 0 aliphatic rings. The summed E-state index contributed by atoms with van der Waals surface area (Å²) < 4.78 is 5.21. The number of rotatable bonds is 4. The summed E-state index contributed by atoms with van der Waals surface area (Å²) in [6.07, 6.45) is 0.462. The summed E-state index contributed by atoms with van der Waals surface area (Å²) >= 11 is 0. The molecule has 0 aliphatic heterocycles. The minimum absolute atomic E-state index is 0.0395. The molecule has 0 heterocycles. The monoisotopic (exact) mass is 203 g/mol. The maximum atomic E-state index is 8.76. The minimum Gasteiger partial charge on any atom is -0.384 e. The molecule has 0 aromatic heterocycles. The second-order valence-corrected chi connectivity index (χ2v) is 4.31. The van der Waals surface area contributed by atoms with Crippen molar-refractivity contribution in [3.8, 4) is 6.07 Å². The van der Waals surface area contributed by atoms with Gasteiger partial charge in [-0.2, -0.15) is 5.26 Å². The Morgan fingerprint density at radius 2 is 2.00 bits per heavy atom. The third-order valence-electron chi connectivity index (χ3n) is 2.52. The van der Waals surface area contributed by atoms with Crippen LogP contribution in [0, 0.1) is 11.3 Å². The predicted molar refractivity (Wildman–Crippen MR) is 60.7 cm³/mol. The van der Waals surface area contributed by atoms with E-state index in [-0.39, 0.29) is 5.41 Å². The van der Waals surface area contributed by atoms with Crippen molar-refractivity contribution in [1.29, 1.82) is 5.26 Å². The van der Waals surface area contributed by atoms with E-state index in [1.165, 1.54) is 5.56 Å². The quantitative estimate of drug-likeness (QED) is 0.753. The van der Waals surface area contributed by atoms with Crippen LogP contribution in [0.1, 0.15) is 25.0 Å². The molecule has 0 bridgehead atoms. The Morgan fingerprint density at radius 3 is 2.60 bits per heavy atom. The molecule has 0 radical (unpaired) electrons. The minimum atomic E-state index is -0.0395. The third-order valence-corrected chi connectivity index (χ3v) is 2.52. The van der Waals surface area contributed by atoms with E-state index in [1.54, 1.807) is 7.11 Å². The topological polar surface area (TPSA) is 33.0 Å². The lowest BCUT2D eigenvalue weighted by atomic mass is 9.82. The molecule has 0 atom stereocenters. The molecular weight excluding hydrogens is 186 g/mol. The Labute approximate surface area is 91.5 Å². The van der Waals surface area contributed by atoms with Gasteiger partial charge < -0.3 is 4.74 Å². The summed E-state index contributed by atoms with van der Waals surface area (Å²) in [6.45, 7) is 4.93. The van der Waals surface area contributed by atoms with Gasteiger partial charge in [0.25, 0.3) is 0 Å². The van der Waals surface area contributed by atoms with Crippen LogP contribution >= 0.6 is 0 Å². The van der Waals surface area contributed by atoms with Gasteiger partial charge in [0.2, 0.25) is 0 Å². The molecule has 80 valence electrons. The Morgan fingerprint density at radius 1 is 1.33 bits per heavy atom. The normalized spacial score (nSPS) is 11.1. The highest BCUT2D eigenvalue weighted by Crippen LogP contribution is 2.26. The van der Waals surface area contributed by atoms with Crippen molar-refractivity contribution in [2.45, 2.75) is 25.7 Å². The molecule has 0 saturated heterocycles. The maximum absolute atomic E-state index is 8.76. The van der Waals surface area contributed by atoms with Crippen LogP contribution in [0.5, 0.6) is 0 Å². The fourth-order valence-corrected chi connectivity index (χ4v) is 1.86. The van der Waals surface area contributed by atoms with Gasteiger partial charge in [-0.3, -0.25) is 0 Å². The van der Waals surface area contributed by atoms with Gasteiger partial charge in [-0.25, -0.2) is 0 Å². The molecule has 1 aromatic carbocycles. The smallest absolute Gasteiger partial charge is 0.0669 e. The molecule has 0 N–H and O–H groups in total. The van der Waals surface area contributed by atoms with Crippen LogP contribution in [0.2, 0.25) is 0 Å². The summed E-state index contributed by atoms with van der Waals surface area (Å²) in [5.41, 5.74) is 2.26. The van der Waals surface area contributed by atoms with Crippen LogP contribution in [0.25, 0.3) is 0 Å². The predicted octanol–water partition coefficient (Wildman–Crippen LogP) is 2.68. The van der Waals surface area contributed by atoms with Gasteiger partial charge in [0.15, 0.2) is 0 Å². The average molecular weight is 203 g/mol. The fraction of sp³-hybridized carbons (Fsp3) is 0.462. The Kier molecular flexibility index (Phi) is 3.88. The van der Waals surface area contributed by atoms with Gasteiger partial charge in [0, 0.05) is 12.5 Å². The van der Waals surface area contributed by atoms with E-state index in [1.807, 2.05) is 18.2 Å². The lowest BCUT2D eigenvalue weighted by Crippen LogP contribution is -2.25. The van der Waals surface area contributed by atoms with Gasteiger partial charge in [0.05, 0.1) is 19.1 Å². The van der Waals surface area contributed by atoms with Gasteiger partial charge in [-0.1, -0.05) is 38.1 Å². The lowest BCUT2D eigenvalue weighted by molar-refractivity contribution is 0.146. The SMILES string of the molecule is COCC(C)(C)c1ccccc1CC#N. The van der Waals surface area contributed by atoms with E-state index in [2.05, 4.69) is 26.0 Å². The van der Waals surface area contributed by atoms with Crippen LogP contribution in [0.4, 0.5) is 0 Å². The second kappa shape index (κ2) is 4.95.